The third kappa shape index (κ3) is 4.34. The van der Waals surface area contributed by atoms with Gasteiger partial charge in [-0.3, -0.25) is 4.84 Å². The standard InChI is InChI=1S/C19H25NO5/c1-3-9-22-18-16-10-15(25-20(16)2)13-24-19(18)17(11-21)23-12-14-7-5-4-6-8-14/h3-8,11,15-19H,1,9-10,12-13H2,2H3/t15-,16+,17+,18-,19-/m1/s1. The molecule has 25 heavy (non-hydrogen) atoms. The minimum atomic E-state index is -0.706. The van der Waals surface area contributed by atoms with E-state index in [2.05, 4.69) is 6.58 Å². The molecular weight excluding hydrogens is 322 g/mol. The molecule has 0 spiro atoms. The van der Waals surface area contributed by atoms with E-state index in [4.69, 9.17) is 19.0 Å². The largest absolute Gasteiger partial charge is 0.370 e. The van der Waals surface area contributed by atoms with Crippen LogP contribution in [0.15, 0.2) is 43.0 Å². The van der Waals surface area contributed by atoms with Crippen LogP contribution in [0.4, 0.5) is 0 Å². The van der Waals surface area contributed by atoms with Crippen molar-refractivity contribution in [2.75, 3.05) is 20.3 Å². The lowest BCUT2D eigenvalue weighted by Crippen LogP contribution is -2.52. The second-order valence-corrected chi connectivity index (χ2v) is 6.36. The molecule has 1 aromatic rings. The van der Waals surface area contributed by atoms with Crippen molar-refractivity contribution >= 4 is 6.29 Å². The normalized spacial score (nSPS) is 30.6. The highest BCUT2D eigenvalue weighted by molar-refractivity contribution is 5.57. The molecule has 1 aromatic carbocycles. The number of carbonyl (C=O) groups is 1. The molecule has 0 unspecified atom stereocenters. The third-order valence-electron chi connectivity index (χ3n) is 4.61. The van der Waals surface area contributed by atoms with Gasteiger partial charge in [0.1, 0.15) is 24.4 Å². The lowest BCUT2D eigenvalue weighted by Gasteiger charge is -2.36. The van der Waals surface area contributed by atoms with E-state index >= 15 is 0 Å². The molecule has 0 aliphatic carbocycles. The molecular formula is C19H25NO5. The Hall–Kier alpha value is -1.57. The van der Waals surface area contributed by atoms with Crippen LogP contribution in [0.3, 0.4) is 0 Å². The average Bonchev–Trinajstić information content (AvgIpc) is 2.90. The molecule has 0 radical (unpaired) electrons. The maximum atomic E-state index is 11.7. The second-order valence-electron chi connectivity index (χ2n) is 6.36. The van der Waals surface area contributed by atoms with Gasteiger partial charge in [0.05, 0.1) is 25.9 Å². The van der Waals surface area contributed by atoms with Crippen molar-refractivity contribution in [2.24, 2.45) is 0 Å². The summed E-state index contributed by atoms with van der Waals surface area (Å²) in [4.78, 5) is 17.5. The predicted molar refractivity (Wildman–Crippen MR) is 91.8 cm³/mol. The van der Waals surface area contributed by atoms with Gasteiger partial charge in [-0.1, -0.05) is 36.4 Å². The van der Waals surface area contributed by atoms with Gasteiger partial charge < -0.3 is 19.0 Å². The number of rotatable bonds is 8. The van der Waals surface area contributed by atoms with Crippen LogP contribution in [0, 0.1) is 0 Å². The quantitative estimate of drug-likeness (QED) is 0.527. The maximum Gasteiger partial charge on any atom is 0.151 e. The van der Waals surface area contributed by atoms with Crippen LogP contribution in [-0.2, 0) is 30.4 Å². The van der Waals surface area contributed by atoms with Crippen molar-refractivity contribution in [1.29, 1.82) is 0 Å². The van der Waals surface area contributed by atoms with Gasteiger partial charge in [-0.25, -0.2) is 0 Å². The number of ether oxygens (including phenoxy) is 3. The van der Waals surface area contributed by atoms with Crippen molar-refractivity contribution in [3.63, 3.8) is 0 Å². The fourth-order valence-electron chi connectivity index (χ4n) is 3.39. The number of carbonyl (C=O) groups excluding carboxylic acids is 1. The average molecular weight is 347 g/mol. The lowest BCUT2D eigenvalue weighted by atomic mass is 9.98. The summed E-state index contributed by atoms with van der Waals surface area (Å²) in [6.07, 6.45) is 1.76. The first kappa shape index (κ1) is 18.2. The highest BCUT2D eigenvalue weighted by Crippen LogP contribution is 2.31. The number of aldehydes is 1. The van der Waals surface area contributed by atoms with Crippen LogP contribution in [0.2, 0.25) is 0 Å². The zero-order chi connectivity index (χ0) is 17.6. The fourth-order valence-corrected chi connectivity index (χ4v) is 3.39. The van der Waals surface area contributed by atoms with Gasteiger partial charge >= 0.3 is 0 Å². The minimum absolute atomic E-state index is 0.0141. The summed E-state index contributed by atoms with van der Waals surface area (Å²) in [5.74, 6) is 0. The predicted octanol–water partition coefficient (Wildman–Crippen LogP) is 1.74. The summed E-state index contributed by atoms with van der Waals surface area (Å²) < 4.78 is 17.8. The van der Waals surface area contributed by atoms with E-state index in [0.29, 0.717) is 19.8 Å². The molecule has 6 nitrogen and oxygen atoms in total. The van der Waals surface area contributed by atoms with Crippen molar-refractivity contribution < 1.29 is 23.8 Å². The van der Waals surface area contributed by atoms with Gasteiger partial charge in [-0.2, -0.15) is 5.06 Å². The summed E-state index contributed by atoms with van der Waals surface area (Å²) >= 11 is 0. The van der Waals surface area contributed by atoms with Gasteiger partial charge in [0, 0.05) is 7.05 Å². The summed E-state index contributed by atoms with van der Waals surface area (Å²) in [6, 6.07) is 9.77. The molecule has 2 bridgehead atoms. The molecule has 2 aliphatic heterocycles. The molecule has 3 rings (SSSR count). The summed E-state index contributed by atoms with van der Waals surface area (Å²) in [5, 5.41) is 1.81. The van der Waals surface area contributed by atoms with Gasteiger partial charge in [0.2, 0.25) is 0 Å². The van der Waals surface area contributed by atoms with E-state index < -0.39 is 12.2 Å². The monoisotopic (exact) mass is 347 g/mol. The lowest BCUT2D eigenvalue weighted by molar-refractivity contribution is -0.228. The molecule has 5 atom stereocenters. The summed E-state index contributed by atoms with van der Waals surface area (Å²) in [7, 11) is 1.89. The van der Waals surface area contributed by atoms with Gasteiger partial charge in [-0.15, -0.1) is 6.58 Å². The van der Waals surface area contributed by atoms with Crippen LogP contribution in [0.25, 0.3) is 0 Å². The van der Waals surface area contributed by atoms with Crippen molar-refractivity contribution in [3.05, 3.63) is 48.6 Å². The molecule has 2 saturated heterocycles. The van der Waals surface area contributed by atoms with Gasteiger partial charge in [-0.05, 0) is 12.0 Å². The highest BCUT2D eigenvalue weighted by atomic mass is 16.7. The van der Waals surface area contributed by atoms with Gasteiger partial charge in [0.15, 0.2) is 6.29 Å². The number of nitrogens with zero attached hydrogens (tertiary/aromatic N) is 1. The van der Waals surface area contributed by atoms with E-state index in [1.165, 1.54) is 0 Å². The summed E-state index contributed by atoms with van der Waals surface area (Å²) in [5.41, 5.74) is 1.01. The van der Waals surface area contributed by atoms with E-state index in [1.807, 2.05) is 42.4 Å². The molecule has 2 heterocycles. The number of hydrogen-bond donors (Lipinski definition) is 0. The maximum absolute atomic E-state index is 11.7. The van der Waals surface area contributed by atoms with Crippen molar-refractivity contribution in [3.8, 4) is 0 Å². The number of likely N-dealkylation sites (N-methyl/N-ethyl adjacent to an activating group) is 1. The number of hydroxylamine groups is 2. The van der Waals surface area contributed by atoms with Crippen molar-refractivity contribution in [2.45, 2.75) is 43.5 Å². The van der Waals surface area contributed by atoms with Crippen LogP contribution in [0.5, 0.6) is 0 Å². The molecule has 0 aromatic heterocycles. The van der Waals surface area contributed by atoms with E-state index in [1.54, 1.807) is 6.08 Å². The molecule has 6 heteroatoms. The highest BCUT2D eigenvalue weighted by Gasteiger charge is 2.47. The second kappa shape index (κ2) is 8.69. The molecule has 0 amide bonds. The zero-order valence-corrected chi connectivity index (χ0v) is 14.5. The van der Waals surface area contributed by atoms with Crippen LogP contribution < -0.4 is 0 Å². The molecule has 0 N–H and O–H groups in total. The first-order chi connectivity index (χ1) is 12.2. The first-order valence-corrected chi connectivity index (χ1v) is 8.57. The molecule has 0 saturated carbocycles. The number of benzene rings is 1. The fraction of sp³-hybridized carbons (Fsp3) is 0.526. The first-order valence-electron chi connectivity index (χ1n) is 8.57. The third-order valence-corrected chi connectivity index (χ3v) is 4.61. The van der Waals surface area contributed by atoms with E-state index in [0.717, 1.165) is 18.3 Å². The van der Waals surface area contributed by atoms with Crippen molar-refractivity contribution in [1.82, 2.24) is 5.06 Å². The van der Waals surface area contributed by atoms with Crippen LogP contribution in [-0.4, -0.2) is 62.1 Å². The smallest absolute Gasteiger partial charge is 0.151 e. The van der Waals surface area contributed by atoms with Crippen LogP contribution in [0.1, 0.15) is 12.0 Å². The molecule has 2 fully saturated rings. The topological polar surface area (TPSA) is 57.2 Å². The van der Waals surface area contributed by atoms with Gasteiger partial charge in [0.25, 0.3) is 0 Å². The number of hydrogen-bond acceptors (Lipinski definition) is 6. The molecule has 2 aliphatic rings. The number of fused-ring (bicyclic) bond motifs is 2. The molecule has 136 valence electrons. The Labute approximate surface area is 148 Å². The Bertz CT molecular complexity index is 566. The van der Waals surface area contributed by atoms with Crippen LogP contribution >= 0.6 is 0 Å². The Morgan fingerprint density at radius 2 is 2.20 bits per heavy atom. The summed E-state index contributed by atoms with van der Waals surface area (Å²) in [6.45, 7) is 4.84. The Balaban J connectivity index is 1.72. The SMILES string of the molecule is C=CCO[C@H]1[C@@H]([C@H](C=O)OCc2ccccc2)OC[C@H]2C[C@@H]1N(C)O2. The van der Waals surface area contributed by atoms with E-state index in [-0.39, 0.29) is 18.2 Å². The Morgan fingerprint density at radius 1 is 1.40 bits per heavy atom. The zero-order valence-electron chi connectivity index (χ0n) is 14.5. The Morgan fingerprint density at radius 3 is 2.92 bits per heavy atom. The minimum Gasteiger partial charge on any atom is -0.370 e. The Kier molecular flexibility index (Phi) is 6.34. The van der Waals surface area contributed by atoms with E-state index in [9.17, 15) is 4.79 Å².